The lowest BCUT2D eigenvalue weighted by Crippen LogP contribution is -2.31. The van der Waals surface area contributed by atoms with Crippen molar-refractivity contribution in [1.82, 2.24) is 4.90 Å². The number of sulfonamides is 1. The number of para-hydroxylation sites is 1. The van der Waals surface area contributed by atoms with Gasteiger partial charge in [0.15, 0.2) is 0 Å². The van der Waals surface area contributed by atoms with Crippen LogP contribution in [-0.4, -0.2) is 39.4 Å². The lowest BCUT2D eigenvalue weighted by molar-refractivity contribution is 0.0773. The summed E-state index contributed by atoms with van der Waals surface area (Å²) >= 11 is 6.13. The number of hydrogen-bond donors (Lipinski definition) is 1. The number of carbonyl (C=O) groups excluding carboxylic acids is 1. The van der Waals surface area contributed by atoms with Gasteiger partial charge >= 0.3 is 0 Å². The van der Waals surface area contributed by atoms with Gasteiger partial charge in [-0.25, -0.2) is 12.8 Å². The minimum absolute atomic E-state index is 0.0476. The van der Waals surface area contributed by atoms with Crippen LogP contribution in [0.3, 0.4) is 0 Å². The summed E-state index contributed by atoms with van der Waals surface area (Å²) in [5, 5.41) is 0.123. The molecule has 3 rings (SSSR count). The summed E-state index contributed by atoms with van der Waals surface area (Å²) in [4.78, 5) is 14.1. The van der Waals surface area contributed by atoms with E-state index < -0.39 is 15.8 Å². The molecule has 0 bridgehead atoms. The number of anilines is 1. The molecule has 0 aliphatic heterocycles. The molecule has 168 valence electrons. The van der Waals surface area contributed by atoms with Crippen LogP contribution >= 0.6 is 11.6 Å². The van der Waals surface area contributed by atoms with Gasteiger partial charge in [0.05, 0.1) is 22.2 Å². The Labute approximate surface area is 191 Å². The Morgan fingerprint density at radius 3 is 2.47 bits per heavy atom. The van der Waals surface area contributed by atoms with Crippen molar-refractivity contribution < 1.29 is 22.3 Å². The molecule has 0 aromatic heterocycles. The molecule has 0 fully saturated rings. The molecular weight excluding hydrogens is 455 g/mol. The molecule has 0 heterocycles. The number of aryl methyl sites for hydroxylation is 1. The van der Waals surface area contributed by atoms with Gasteiger partial charge in [0, 0.05) is 12.6 Å². The van der Waals surface area contributed by atoms with Crippen LogP contribution in [0.4, 0.5) is 10.1 Å². The zero-order chi connectivity index (χ0) is 23.3. The van der Waals surface area contributed by atoms with E-state index in [9.17, 15) is 17.6 Å². The van der Waals surface area contributed by atoms with Crippen LogP contribution in [0.5, 0.6) is 5.75 Å². The van der Waals surface area contributed by atoms with Gasteiger partial charge < -0.3 is 9.64 Å². The van der Waals surface area contributed by atoms with E-state index in [1.807, 2.05) is 31.2 Å². The SMILES string of the molecule is Cc1ccccc1OCCN(C)C(=O)c1ccc(Cl)c(NS(=O)(=O)c2ccc(F)cc2)c1. The second kappa shape index (κ2) is 10.0. The predicted octanol–water partition coefficient (Wildman–Crippen LogP) is 4.74. The number of rotatable bonds is 8. The van der Waals surface area contributed by atoms with Crippen LogP contribution in [0.2, 0.25) is 5.02 Å². The Balaban J connectivity index is 1.69. The normalized spacial score (nSPS) is 11.1. The maximum atomic E-state index is 13.1. The fraction of sp³-hybridized carbons (Fsp3) is 0.174. The summed E-state index contributed by atoms with van der Waals surface area (Å²) in [7, 11) is -2.38. The van der Waals surface area contributed by atoms with Crippen molar-refractivity contribution in [2.24, 2.45) is 0 Å². The third-order valence-electron chi connectivity index (χ3n) is 4.71. The summed E-state index contributed by atoms with van der Waals surface area (Å²) in [6, 6.07) is 16.3. The van der Waals surface area contributed by atoms with Gasteiger partial charge in [-0.05, 0) is 61.0 Å². The van der Waals surface area contributed by atoms with E-state index in [4.69, 9.17) is 16.3 Å². The lowest BCUT2D eigenvalue weighted by atomic mass is 10.2. The molecule has 0 spiro atoms. The van der Waals surface area contributed by atoms with E-state index in [0.717, 1.165) is 35.6 Å². The molecule has 0 radical (unpaired) electrons. The number of benzene rings is 3. The quantitative estimate of drug-likeness (QED) is 0.509. The number of amides is 1. The first-order valence-corrected chi connectivity index (χ1v) is 11.6. The van der Waals surface area contributed by atoms with Gasteiger partial charge in [-0.1, -0.05) is 29.8 Å². The van der Waals surface area contributed by atoms with Crippen molar-refractivity contribution in [2.45, 2.75) is 11.8 Å². The minimum Gasteiger partial charge on any atom is -0.491 e. The monoisotopic (exact) mass is 476 g/mol. The zero-order valence-electron chi connectivity index (χ0n) is 17.5. The van der Waals surface area contributed by atoms with E-state index in [2.05, 4.69) is 4.72 Å². The first-order valence-electron chi connectivity index (χ1n) is 9.69. The Kier molecular flexibility index (Phi) is 7.37. The Morgan fingerprint density at radius 2 is 1.78 bits per heavy atom. The second-order valence-electron chi connectivity index (χ2n) is 7.09. The first kappa shape index (κ1) is 23.6. The molecule has 9 heteroatoms. The maximum absolute atomic E-state index is 13.1. The number of nitrogens with zero attached hydrogens (tertiary/aromatic N) is 1. The third-order valence-corrected chi connectivity index (χ3v) is 6.42. The van der Waals surface area contributed by atoms with Crippen molar-refractivity contribution in [3.05, 3.63) is 88.7 Å². The van der Waals surface area contributed by atoms with E-state index >= 15 is 0 Å². The van der Waals surface area contributed by atoms with Gasteiger partial charge in [0.2, 0.25) is 0 Å². The van der Waals surface area contributed by atoms with Crippen molar-refractivity contribution >= 4 is 33.2 Å². The van der Waals surface area contributed by atoms with Gasteiger partial charge in [0.25, 0.3) is 15.9 Å². The molecular formula is C23H22ClFN2O4S. The average Bonchev–Trinajstić information content (AvgIpc) is 2.76. The lowest BCUT2D eigenvalue weighted by Gasteiger charge is -2.19. The van der Waals surface area contributed by atoms with Crippen LogP contribution in [-0.2, 0) is 10.0 Å². The average molecular weight is 477 g/mol. The van der Waals surface area contributed by atoms with E-state index in [1.54, 1.807) is 7.05 Å². The molecule has 0 aliphatic carbocycles. The van der Waals surface area contributed by atoms with Crippen LogP contribution in [0.15, 0.2) is 71.6 Å². The highest BCUT2D eigenvalue weighted by atomic mass is 35.5. The molecule has 0 saturated heterocycles. The van der Waals surface area contributed by atoms with Crippen molar-refractivity contribution in [1.29, 1.82) is 0 Å². The molecule has 32 heavy (non-hydrogen) atoms. The van der Waals surface area contributed by atoms with Gasteiger partial charge in [0.1, 0.15) is 18.2 Å². The molecule has 6 nitrogen and oxygen atoms in total. The molecule has 0 unspecified atom stereocenters. The second-order valence-corrected chi connectivity index (χ2v) is 9.18. The maximum Gasteiger partial charge on any atom is 0.261 e. The first-order chi connectivity index (χ1) is 15.2. The van der Waals surface area contributed by atoms with Crippen LogP contribution in [0.25, 0.3) is 0 Å². The summed E-state index contributed by atoms with van der Waals surface area (Å²) < 4.78 is 46.3. The Bertz CT molecular complexity index is 1220. The summed E-state index contributed by atoms with van der Waals surface area (Å²) in [5.74, 6) is -0.126. The Hall–Kier alpha value is -3.10. The Morgan fingerprint density at radius 1 is 1.09 bits per heavy atom. The standard InChI is InChI=1S/C23H22ClFN2O4S/c1-16-5-3-4-6-22(16)31-14-13-27(2)23(28)17-7-12-20(24)21(15-17)26-32(29,30)19-10-8-18(25)9-11-19/h3-12,15,26H,13-14H2,1-2H3. The zero-order valence-corrected chi connectivity index (χ0v) is 19.1. The smallest absolute Gasteiger partial charge is 0.261 e. The molecule has 3 aromatic rings. The highest BCUT2D eigenvalue weighted by Crippen LogP contribution is 2.26. The molecule has 1 N–H and O–H groups in total. The van der Waals surface area contributed by atoms with Crippen molar-refractivity contribution in [3.63, 3.8) is 0 Å². The van der Waals surface area contributed by atoms with Crippen molar-refractivity contribution in [3.8, 4) is 5.75 Å². The molecule has 0 saturated carbocycles. The highest BCUT2D eigenvalue weighted by Gasteiger charge is 2.19. The molecule has 0 atom stereocenters. The fourth-order valence-electron chi connectivity index (χ4n) is 2.89. The van der Waals surface area contributed by atoms with Gasteiger partial charge in [-0.15, -0.1) is 0 Å². The highest BCUT2D eigenvalue weighted by molar-refractivity contribution is 7.92. The van der Waals surface area contributed by atoms with Gasteiger partial charge in [-0.2, -0.15) is 0 Å². The van der Waals surface area contributed by atoms with Crippen LogP contribution in [0, 0.1) is 12.7 Å². The number of halogens is 2. The summed E-state index contributed by atoms with van der Waals surface area (Å²) in [5.41, 5.74) is 1.30. The predicted molar refractivity (Wildman–Crippen MR) is 122 cm³/mol. The van der Waals surface area contributed by atoms with Crippen molar-refractivity contribution in [2.75, 3.05) is 24.9 Å². The van der Waals surface area contributed by atoms with E-state index in [0.29, 0.717) is 13.2 Å². The van der Waals surface area contributed by atoms with Crippen LogP contribution in [0.1, 0.15) is 15.9 Å². The number of ether oxygens (including phenoxy) is 1. The van der Waals surface area contributed by atoms with E-state index in [1.165, 1.54) is 23.1 Å². The molecule has 1 amide bonds. The van der Waals surface area contributed by atoms with Gasteiger partial charge in [-0.3, -0.25) is 9.52 Å². The minimum atomic E-state index is -4.01. The largest absolute Gasteiger partial charge is 0.491 e. The number of carbonyl (C=O) groups is 1. The fourth-order valence-corrected chi connectivity index (χ4v) is 4.18. The number of hydrogen-bond acceptors (Lipinski definition) is 4. The topological polar surface area (TPSA) is 75.7 Å². The molecule has 0 aliphatic rings. The van der Waals surface area contributed by atoms with E-state index in [-0.39, 0.29) is 27.1 Å². The molecule has 3 aromatic carbocycles. The summed E-state index contributed by atoms with van der Waals surface area (Å²) in [6.07, 6.45) is 0. The van der Waals surface area contributed by atoms with Crippen LogP contribution < -0.4 is 9.46 Å². The number of nitrogens with one attached hydrogen (secondary N) is 1. The summed E-state index contributed by atoms with van der Waals surface area (Å²) in [6.45, 7) is 2.56. The number of likely N-dealkylation sites (N-methyl/N-ethyl adjacent to an activating group) is 1. The third kappa shape index (κ3) is 5.77.